The third-order valence-electron chi connectivity index (χ3n) is 8.23. The fourth-order valence-electron chi connectivity index (χ4n) is 5.28. The third-order valence-corrected chi connectivity index (χ3v) is 8.72. The number of esters is 2. The molecular weight excluding hydrogens is 623 g/mol. The van der Waals surface area contributed by atoms with Gasteiger partial charge in [0, 0.05) is 12.8 Å². The van der Waals surface area contributed by atoms with Crippen molar-refractivity contribution in [2.75, 3.05) is 13.2 Å². The van der Waals surface area contributed by atoms with Gasteiger partial charge in [-0.1, -0.05) is 135 Å². The van der Waals surface area contributed by atoms with Crippen LogP contribution in [0.25, 0.3) is 0 Å². The van der Waals surface area contributed by atoms with E-state index >= 15 is 0 Å². The quantitative estimate of drug-likeness (QED) is 0.0222. The Morgan fingerprint density at radius 1 is 0.617 bits per heavy atom. The van der Waals surface area contributed by atoms with Crippen LogP contribution in [0.3, 0.4) is 0 Å². The molecule has 0 radical (unpaired) electrons. The molecule has 0 aromatic rings. The van der Waals surface area contributed by atoms with Crippen LogP contribution in [0.15, 0.2) is 12.2 Å². The molecule has 3 atom stereocenters. The van der Waals surface area contributed by atoms with Crippen molar-refractivity contribution in [2.24, 2.45) is 0 Å². The van der Waals surface area contributed by atoms with Crippen LogP contribution in [-0.2, 0) is 28.2 Å². The molecule has 278 valence electrons. The number of unbranched alkanes of at least 4 members (excludes halogenated alkanes) is 18. The number of ether oxygens (including phenoxy) is 2. The van der Waals surface area contributed by atoms with E-state index in [1.54, 1.807) is 0 Å². The Labute approximate surface area is 285 Å². The largest absolute Gasteiger partial charge is 0.469 e. The molecule has 4 N–H and O–H groups in total. The van der Waals surface area contributed by atoms with E-state index in [0.29, 0.717) is 25.7 Å². The van der Waals surface area contributed by atoms with E-state index in [2.05, 4.69) is 24.4 Å². The van der Waals surface area contributed by atoms with E-state index in [1.165, 1.54) is 64.2 Å². The lowest BCUT2D eigenvalue weighted by Gasteiger charge is -2.18. The van der Waals surface area contributed by atoms with Gasteiger partial charge >= 0.3 is 19.8 Å². The van der Waals surface area contributed by atoms with Gasteiger partial charge in [0.2, 0.25) is 0 Å². The summed E-state index contributed by atoms with van der Waals surface area (Å²) in [5.41, 5.74) is 0. The number of carbonyl (C=O) groups is 2. The summed E-state index contributed by atoms with van der Waals surface area (Å²) in [7, 11) is -4.78. The Kier molecular flexibility index (Phi) is 31.1. The van der Waals surface area contributed by atoms with Gasteiger partial charge in [-0.3, -0.25) is 14.1 Å². The first kappa shape index (κ1) is 45.7. The molecule has 0 saturated carbocycles. The topological polar surface area (TPSA) is 160 Å². The van der Waals surface area contributed by atoms with Gasteiger partial charge < -0.3 is 29.5 Å². The van der Waals surface area contributed by atoms with Crippen molar-refractivity contribution in [3.8, 4) is 0 Å². The van der Waals surface area contributed by atoms with Gasteiger partial charge in [0.1, 0.15) is 6.61 Å². The third kappa shape index (κ3) is 33.0. The zero-order chi connectivity index (χ0) is 35.0. The molecule has 0 aromatic carbocycles. The van der Waals surface area contributed by atoms with Crippen LogP contribution in [0.4, 0.5) is 0 Å². The highest BCUT2D eigenvalue weighted by atomic mass is 31.2. The fraction of sp³-hybridized carbons (Fsp3) is 0.889. The lowest BCUT2D eigenvalue weighted by Crippen LogP contribution is -2.29. The van der Waals surface area contributed by atoms with Crippen LogP contribution in [-0.4, -0.2) is 63.5 Å². The van der Waals surface area contributed by atoms with E-state index in [9.17, 15) is 24.4 Å². The van der Waals surface area contributed by atoms with E-state index in [1.807, 2.05) is 6.08 Å². The predicted octanol–water partition coefficient (Wildman–Crippen LogP) is 8.62. The standard InChI is InChI=1S/C36H69O10P/c1-3-5-7-9-11-12-13-14-15-16-20-24-28-35(39)44-30-32(31-45-47(41,42)43)46-36(40)29-25-21-17-19-23-27-34(38)33(37)26-22-18-10-8-6-4-2/h18,22,32-34,37-38H,3-17,19-21,23-31H2,1-2H3,(H2,41,42,43)/b22-18-/t32-,33+,34+/m1/s1. The molecule has 0 spiro atoms. The molecule has 0 heterocycles. The van der Waals surface area contributed by atoms with Gasteiger partial charge in [0.25, 0.3) is 0 Å². The second-order valence-corrected chi connectivity index (χ2v) is 14.1. The summed E-state index contributed by atoms with van der Waals surface area (Å²) in [4.78, 5) is 42.6. The van der Waals surface area contributed by atoms with Crippen molar-refractivity contribution in [2.45, 2.75) is 193 Å². The normalized spacial score (nSPS) is 13.9. The number of phosphoric ester groups is 1. The Hall–Kier alpha value is -1.29. The molecule has 0 aliphatic rings. The SMILES string of the molecule is CCCCC/C=C\C[C@H](O)[C@@H](O)CCCCCCCC(=O)O[C@H](COC(=O)CCCCCCCCCCCCCC)COP(=O)(O)O. The van der Waals surface area contributed by atoms with Crippen LogP contribution in [0.5, 0.6) is 0 Å². The molecule has 11 heteroatoms. The molecule has 0 saturated heterocycles. The number of hydrogen-bond donors (Lipinski definition) is 4. The molecule has 0 unspecified atom stereocenters. The Balaban J connectivity index is 4.10. The second-order valence-electron chi connectivity index (χ2n) is 12.9. The monoisotopic (exact) mass is 692 g/mol. The van der Waals surface area contributed by atoms with Gasteiger partial charge in [0.15, 0.2) is 6.10 Å². The van der Waals surface area contributed by atoms with Crippen LogP contribution in [0.2, 0.25) is 0 Å². The van der Waals surface area contributed by atoms with E-state index in [4.69, 9.17) is 19.3 Å². The lowest BCUT2D eigenvalue weighted by molar-refractivity contribution is -0.161. The predicted molar refractivity (Wildman–Crippen MR) is 187 cm³/mol. The fourth-order valence-corrected chi connectivity index (χ4v) is 5.64. The van der Waals surface area contributed by atoms with E-state index < -0.39 is 44.7 Å². The number of allylic oxidation sites excluding steroid dienone is 1. The summed E-state index contributed by atoms with van der Waals surface area (Å²) in [5.74, 6) is -0.992. The minimum absolute atomic E-state index is 0.116. The lowest BCUT2D eigenvalue weighted by atomic mass is 10.0. The molecule has 0 bridgehead atoms. The van der Waals surface area contributed by atoms with Gasteiger partial charge in [0.05, 0.1) is 18.8 Å². The Morgan fingerprint density at radius 3 is 1.66 bits per heavy atom. The van der Waals surface area contributed by atoms with E-state index in [0.717, 1.165) is 57.8 Å². The summed E-state index contributed by atoms with van der Waals surface area (Å²) in [5, 5.41) is 20.3. The highest BCUT2D eigenvalue weighted by molar-refractivity contribution is 7.46. The van der Waals surface area contributed by atoms with Gasteiger partial charge in [-0.25, -0.2) is 4.57 Å². The van der Waals surface area contributed by atoms with Crippen LogP contribution in [0, 0.1) is 0 Å². The molecule has 0 rings (SSSR count). The number of hydrogen-bond acceptors (Lipinski definition) is 8. The number of aliphatic hydroxyl groups excluding tert-OH is 2. The summed E-state index contributed by atoms with van der Waals surface area (Å²) in [6, 6.07) is 0. The van der Waals surface area contributed by atoms with Gasteiger partial charge in [-0.2, -0.15) is 0 Å². The van der Waals surface area contributed by atoms with Crippen molar-refractivity contribution in [1.82, 2.24) is 0 Å². The molecule has 0 aliphatic carbocycles. The van der Waals surface area contributed by atoms with Crippen molar-refractivity contribution in [1.29, 1.82) is 0 Å². The first-order valence-corrected chi connectivity index (χ1v) is 20.2. The van der Waals surface area contributed by atoms with Crippen LogP contribution < -0.4 is 0 Å². The van der Waals surface area contributed by atoms with Gasteiger partial charge in [-0.05, 0) is 38.5 Å². The minimum atomic E-state index is -4.78. The summed E-state index contributed by atoms with van der Waals surface area (Å²) in [6.07, 6.45) is 25.3. The van der Waals surface area contributed by atoms with Gasteiger partial charge in [-0.15, -0.1) is 0 Å². The summed E-state index contributed by atoms with van der Waals surface area (Å²) >= 11 is 0. The summed E-state index contributed by atoms with van der Waals surface area (Å²) in [6.45, 7) is 3.48. The number of phosphoric acid groups is 1. The molecule has 0 amide bonds. The van der Waals surface area contributed by atoms with Crippen LogP contribution in [0.1, 0.15) is 174 Å². The first-order valence-electron chi connectivity index (χ1n) is 18.6. The Morgan fingerprint density at radius 2 is 1.11 bits per heavy atom. The van der Waals surface area contributed by atoms with Crippen molar-refractivity contribution < 1.29 is 48.2 Å². The zero-order valence-corrected chi connectivity index (χ0v) is 30.6. The van der Waals surface area contributed by atoms with Crippen molar-refractivity contribution in [3.05, 3.63) is 12.2 Å². The number of aliphatic hydroxyl groups is 2. The molecule has 47 heavy (non-hydrogen) atoms. The van der Waals surface area contributed by atoms with Crippen molar-refractivity contribution >= 4 is 19.8 Å². The molecule has 10 nitrogen and oxygen atoms in total. The molecular formula is C36H69O10P. The maximum absolute atomic E-state index is 12.4. The molecule has 0 fully saturated rings. The average Bonchev–Trinajstić information content (AvgIpc) is 3.03. The summed E-state index contributed by atoms with van der Waals surface area (Å²) < 4.78 is 26.2. The second kappa shape index (κ2) is 31.9. The highest BCUT2D eigenvalue weighted by Gasteiger charge is 2.23. The van der Waals surface area contributed by atoms with E-state index in [-0.39, 0.29) is 19.4 Å². The minimum Gasteiger partial charge on any atom is -0.462 e. The number of carbonyl (C=O) groups excluding carboxylic acids is 2. The molecule has 0 aliphatic heterocycles. The van der Waals surface area contributed by atoms with Crippen LogP contribution >= 0.6 is 7.82 Å². The average molecular weight is 693 g/mol. The highest BCUT2D eigenvalue weighted by Crippen LogP contribution is 2.36. The maximum Gasteiger partial charge on any atom is 0.469 e. The smallest absolute Gasteiger partial charge is 0.462 e. The van der Waals surface area contributed by atoms with Crippen molar-refractivity contribution in [3.63, 3.8) is 0 Å². The molecule has 0 aromatic heterocycles. The number of rotatable bonds is 34. The maximum atomic E-state index is 12.4. The zero-order valence-electron chi connectivity index (χ0n) is 29.7. The first-order chi connectivity index (χ1) is 22.6. The Bertz CT molecular complexity index is 816.